The maximum Gasteiger partial charge on any atom is 0.326 e. The molecule has 0 aliphatic carbocycles. The zero-order valence-corrected chi connectivity index (χ0v) is 10.7. The summed E-state index contributed by atoms with van der Waals surface area (Å²) in [6.45, 7) is 3.96. The van der Waals surface area contributed by atoms with Crippen LogP contribution in [0, 0.1) is 0 Å². The number of carbonyl (C=O) groups is 2. The average Bonchev–Trinajstić information content (AvgIpc) is 2.37. The van der Waals surface area contributed by atoms with Crippen LogP contribution >= 0.6 is 0 Å². The lowest BCUT2D eigenvalue weighted by Crippen LogP contribution is -2.36. The highest BCUT2D eigenvalue weighted by atomic mass is 16.4. The number of likely N-dealkylation sites (N-methyl/N-ethyl adjacent to an activating group) is 1. The molecule has 2 N–H and O–H groups in total. The Bertz CT molecular complexity index is 431. The molecule has 1 unspecified atom stereocenters. The average molecular weight is 251 g/mol. The van der Waals surface area contributed by atoms with E-state index in [1.165, 1.54) is 11.1 Å². The summed E-state index contributed by atoms with van der Waals surface area (Å²) in [6.07, 6.45) is 1.44. The highest BCUT2D eigenvalue weighted by molar-refractivity contribution is 5.94. The molecule has 1 aromatic rings. The predicted octanol–water partition coefficient (Wildman–Crippen LogP) is 0.741. The number of pyridine rings is 1. The van der Waals surface area contributed by atoms with Gasteiger partial charge in [-0.05, 0) is 26.0 Å². The fourth-order valence-electron chi connectivity index (χ4n) is 1.36. The third kappa shape index (κ3) is 3.19. The summed E-state index contributed by atoms with van der Waals surface area (Å²) >= 11 is 0. The van der Waals surface area contributed by atoms with Crippen molar-refractivity contribution in [3.8, 4) is 0 Å². The van der Waals surface area contributed by atoms with Crippen LogP contribution in [0.5, 0.6) is 0 Å². The van der Waals surface area contributed by atoms with Gasteiger partial charge >= 0.3 is 5.97 Å². The van der Waals surface area contributed by atoms with Crippen LogP contribution in [0.1, 0.15) is 24.2 Å². The molecule has 0 bridgehead atoms. The van der Waals surface area contributed by atoms with E-state index >= 15 is 0 Å². The van der Waals surface area contributed by atoms with Crippen LogP contribution in [0.15, 0.2) is 18.3 Å². The number of aromatic nitrogens is 1. The minimum absolute atomic E-state index is 0.189. The van der Waals surface area contributed by atoms with Crippen molar-refractivity contribution in [2.24, 2.45) is 0 Å². The number of nitrogens with zero attached hydrogens (tertiary/aromatic N) is 2. The van der Waals surface area contributed by atoms with Gasteiger partial charge < -0.3 is 15.3 Å². The molecule has 1 amide bonds. The van der Waals surface area contributed by atoms with Crippen molar-refractivity contribution in [1.29, 1.82) is 0 Å². The first-order valence-electron chi connectivity index (χ1n) is 5.67. The Morgan fingerprint density at radius 1 is 1.50 bits per heavy atom. The van der Waals surface area contributed by atoms with Crippen molar-refractivity contribution in [2.45, 2.75) is 19.9 Å². The molecular formula is C12H17N3O3. The number of aliphatic carboxylic acids is 1. The smallest absolute Gasteiger partial charge is 0.326 e. The summed E-state index contributed by atoms with van der Waals surface area (Å²) in [4.78, 5) is 28.0. The first kappa shape index (κ1) is 14.0. The lowest BCUT2D eigenvalue weighted by molar-refractivity contribution is -0.138. The van der Waals surface area contributed by atoms with Gasteiger partial charge in [-0.2, -0.15) is 0 Å². The van der Waals surface area contributed by atoms with Crippen molar-refractivity contribution in [1.82, 2.24) is 10.3 Å². The second kappa shape index (κ2) is 6.00. The van der Waals surface area contributed by atoms with Gasteiger partial charge in [0.05, 0.1) is 5.56 Å². The van der Waals surface area contributed by atoms with Gasteiger partial charge in [-0.15, -0.1) is 0 Å². The van der Waals surface area contributed by atoms with Crippen LogP contribution in [0.4, 0.5) is 5.82 Å². The third-order valence-electron chi connectivity index (χ3n) is 2.65. The molecule has 1 heterocycles. The molecule has 0 aliphatic rings. The Morgan fingerprint density at radius 2 is 2.17 bits per heavy atom. The third-order valence-corrected chi connectivity index (χ3v) is 2.65. The van der Waals surface area contributed by atoms with Gasteiger partial charge in [0.2, 0.25) is 0 Å². The molecule has 0 aliphatic heterocycles. The zero-order chi connectivity index (χ0) is 13.7. The van der Waals surface area contributed by atoms with Gasteiger partial charge in [-0.3, -0.25) is 4.79 Å². The van der Waals surface area contributed by atoms with Crippen LogP contribution in [0.3, 0.4) is 0 Å². The second-order valence-corrected chi connectivity index (χ2v) is 3.89. The maximum atomic E-state index is 11.5. The van der Waals surface area contributed by atoms with Crippen LogP contribution < -0.4 is 10.2 Å². The van der Waals surface area contributed by atoms with Crippen molar-refractivity contribution in [3.63, 3.8) is 0 Å². The lowest BCUT2D eigenvalue weighted by Gasteiger charge is -2.22. The van der Waals surface area contributed by atoms with Gasteiger partial charge in [-0.25, -0.2) is 9.78 Å². The number of anilines is 1. The van der Waals surface area contributed by atoms with E-state index in [2.05, 4.69) is 10.3 Å². The van der Waals surface area contributed by atoms with Crippen molar-refractivity contribution >= 4 is 17.7 Å². The molecule has 0 radical (unpaired) electrons. The summed E-state index contributed by atoms with van der Waals surface area (Å²) in [5, 5.41) is 11.6. The standard InChI is InChI=1S/C12H17N3O3/c1-4-13-11(16)9-5-6-10(14-7-9)15(3)8(2)12(17)18/h5-8H,4H2,1-3H3,(H,13,16)(H,17,18). The fraction of sp³-hybridized carbons (Fsp3) is 0.417. The van der Waals surface area contributed by atoms with Crippen LogP contribution in [0.2, 0.25) is 0 Å². The molecule has 1 aromatic heterocycles. The highest BCUT2D eigenvalue weighted by Gasteiger charge is 2.18. The Labute approximate surface area is 106 Å². The zero-order valence-electron chi connectivity index (χ0n) is 10.7. The van der Waals surface area contributed by atoms with Crippen LogP contribution in [0.25, 0.3) is 0 Å². The van der Waals surface area contributed by atoms with Crippen molar-refractivity contribution in [3.05, 3.63) is 23.9 Å². The van der Waals surface area contributed by atoms with Crippen LogP contribution in [-0.4, -0.2) is 41.6 Å². The molecule has 6 nitrogen and oxygen atoms in total. The van der Waals surface area contributed by atoms with E-state index in [-0.39, 0.29) is 5.91 Å². The molecule has 1 atom stereocenters. The SMILES string of the molecule is CCNC(=O)c1ccc(N(C)C(C)C(=O)O)nc1. The number of carboxylic acid groups (broad SMARTS) is 1. The summed E-state index contributed by atoms with van der Waals surface area (Å²) in [7, 11) is 1.65. The predicted molar refractivity (Wildman–Crippen MR) is 67.7 cm³/mol. The van der Waals surface area contributed by atoms with Gasteiger partial charge in [-0.1, -0.05) is 0 Å². The Balaban J connectivity index is 2.82. The van der Waals surface area contributed by atoms with Gasteiger partial charge in [0.15, 0.2) is 0 Å². The summed E-state index contributed by atoms with van der Waals surface area (Å²) < 4.78 is 0. The number of nitrogens with one attached hydrogen (secondary N) is 1. The molecular weight excluding hydrogens is 234 g/mol. The van der Waals surface area contributed by atoms with Gasteiger partial charge in [0.25, 0.3) is 5.91 Å². The molecule has 0 saturated carbocycles. The molecule has 0 fully saturated rings. The molecule has 0 saturated heterocycles. The fourth-order valence-corrected chi connectivity index (χ4v) is 1.36. The monoisotopic (exact) mass is 251 g/mol. The number of hydrogen-bond donors (Lipinski definition) is 2. The number of hydrogen-bond acceptors (Lipinski definition) is 4. The largest absolute Gasteiger partial charge is 0.480 e. The van der Waals surface area contributed by atoms with E-state index in [4.69, 9.17) is 5.11 Å². The van der Waals surface area contributed by atoms with E-state index in [0.29, 0.717) is 17.9 Å². The summed E-state index contributed by atoms with van der Waals surface area (Å²) in [5.41, 5.74) is 0.456. The van der Waals surface area contributed by atoms with Gasteiger partial charge in [0, 0.05) is 19.8 Å². The topological polar surface area (TPSA) is 82.5 Å². The minimum Gasteiger partial charge on any atom is -0.480 e. The Morgan fingerprint density at radius 3 is 2.61 bits per heavy atom. The number of carboxylic acids is 1. The number of carbonyl (C=O) groups excluding carboxylic acids is 1. The number of amides is 1. The molecule has 98 valence electrons. The van der Waals surface area contributed by atoms with E-state index in [1.54, 1.807) is 26.1 Å². The van der Waals surface area contributed by atoms with E-state index in [9.17, 15) is 9.59 Å². The van der Waals surface area contributed by atoms with Crippen LogP contribution in [-0.2, 0) is 4.79 Å². The first-order chi connectivity index (χ1) is 8.47. The molecule has 0 aromatic carbocycles. The van der Waals surface area contributed by atoms with Gasteiger partial charge in [0.1, 0.15) is 11.9 Å². The first-order valence-corrected chi connectivity index (χ1v) is 5.67. The highest BCUT2D eigenvalue weighted by Crippen LogP contribution is 2.12. The summed E-state index contributed by atoms with van der Waals surface area (Å²) in [6, 6.07) is 2.58. The quantitative estimate of drug-likeness (QED) is 0.806. The molecule has 18 heavy (non-hydrogen) atoms. The van der Waals surface area contributed by atoms with E-state index in [1.807, 2.05) is 6.92 Å². The van der Waals surface area contributed by atoms with Crippen molar-refractivity contribution < 1.29 is 14.7 Å². The Hall–Kier alpha value is -2.11. The normalized spacial score (nSPS) is 11.7. The van der Waals surface area contributed by atoms with Crippen molar-refractivity contribution in [2.75, 3.05) is 18.5 Å². The lowest BCUT2D eigenvalue weighted by atomic mass is 10.2. The minimum atomic E-state index is -0.924. The molecule has 6 heteroatoms. The Kier molecular flexibility index (Phi) is 4.65. The molecule has 0 spiro atoms. The van der Waals surface area contributed by atoms with E-state index < -0.39 is 12.0 Å². The van der Waals surface area contributed by atoms with E-state index in [0.717, 1.165) is 0 Å². The maximum absolute atomic E-state index is 11.5. The number of rotatable bonds is 5. The second-order valence-electron chi connectivity index (χ2n) is 3.89. The summed E-state index contributed by atoms with van der Waals surface area (Å²) in [5.74, 6) is -0.601. The molecule has 1 rings (SSSR count).